The molecule has 0 bridgehead atoms. The molecule has 0 radical (unpaired) electrons. The van der Waals surface area contributed by atoms with Gasteiger partial charge in [0.2, 0.25) is 0 Å². The zero-order valence-corrected chi connectivity index (χ0v) is 21.6. The normalized spacial score (nSPS) is 11.7. The van der Waals surface area contributed by atoms with Crippen LogP contribution >= 0.6 is 0 Å². The lowest BCUT2D eigenvalue weighted by atomic mass is 10.0. The van der Waals surface area contributed by atoms with Gasteiger partial charge in [0.25, 0.3) is 0 Å². The fourth-order valence-electron chi connectivity index (χ4n) is 3.93. The first kappa shape index (κ1) is 26.6. The number of hydrogen-bond donors (Lipinski definition) is 3. The number of rotatable bonds is 10. The molecule has 192 valence electrons. The standard InChI is InChI=1S/C30H27N3O4S/c1-2-8-22-9-6-10-25(19-22)24-17-15-23(16-18-24)20-32-30(38(36,37)26-11-4-3-5-12-26)27-13-7-14-28(33-27)31-21-29(34)35/h3-7,9-19,30,32H,20-21H2,1H3,(H,31,33)(H,34,35). The highest BCUT2D eigenvalue weighted by molar-refractivity contribution is 7.91. The van der Waals surface area contributed by atoms with Gasteiger partial charge in [0, 0.05) is 12.1 Å². The second-order valence-corrected chi connectivity index (χ2v) is 10.5. The maximum Gasteiger partial charge on any atom is 0.322 e. The van der Waals surface area contributed by atoms with Gasteiger partial charge >= 0.3 is 5.97 Å². The number of carboxylic acids is 1. The fraction of sp³-hybridized carbons (Fsp3) is 0.133. The molecule has 0 aliphatic carbocycles. The molecular weight excluding hydrogens is 498 g/mol. The number of nitrogens with one attached hydrogen (secondary N) is 2. The Balaban J connectivity index is 1.59. The minimum Gasteiger partial charge on any atom is -0.480 e. The number of anilines is 1. The molecule has 0 aliphatic heterocycles. The summed E-state index contributed by atoms with van der Waals surface area (Å²) in [6.45, 7) is 1.74. The SMILES string of the molecule is CC#Cc1cccc(-c2ccc(CNC(c3cccc(NCC(=O)O)n3)S(=O)(=O)c3ccccc3)cc2)c1. The van der Waals surface area contributed by atoms with E-state index >= 15 is 0 Å². The third-order valence-electron chi connectivity index (χ3n) is 5.75. The van der Waals surface area contributed by atoms with Crippen LogP contribution < -0.4 is 10.6 Å². The van der Waals surface area contributed by atoms with Crippen LogP contribution in [0.4, 0.5) is 5.82 Å². The van der Waals surface area contributed by atoms with Crippen LogP contribution in [0.5, 0.6) is 0 Å². The Morgan fingerprint density at radius 3 is 2.37 bits per heavy atom. The van der Waals surface area contributed by atoms with Crippen LogP contribution in [0.2, 0.25) is 0 Å². The lowest BCUT2D eigenvalue weighted by Gasteiger charge is -2.20. The van der Waals surface area contributed by atoms with Crippen molar-refractivity contribution >= 4 is 21.6 Å². The molecular formula is C30H27N3O4S. The van der Waals surface area contributed by atoms with Gasteiger partial charge in [-0.05, 0) is 60.0 Å². The summed E-state index contributed by atoms with van der Waals surface area (Å²) >= 11 is 0. The summed E-state index contributed by atoms with van der Waals surface area (Å²) in [6, 6.07) is 28.9. The fourth-order valence-corrected chi connectivity index (χ4v) is 5.49. The Labute approximate surface area is 222 Å². The number of carboxylic acid groups (broad SMARTS) is 1. The van der Waals surface area contributed by atoms with E-state index in [4.69, 9.17) is 5.11 Å². The molecule has 4 aromatic rings. The van der Waals surface area contributed by atoms with E-state index in [1.165, 1.54) is 0 Å². The van der Waals surface area contributed by atoms with Crippen molar-refractivity contribution in [2.45, 2.75) is 23.7 Å². The molecule has 3 N–H and O–H groups in total. The van der Waals surface area contributed by atoms with E-state index in [1.54, 1.807) is 55.5 Å². The Hall–Kier alpha value is -4.45. The molecule has 1 heterocycles. The first-order valence-corrected chi connectivity index (χ1v) is 13.5. The van der Waals surface area contributed by atoms with Crippen molar-refractivity contribution in [2.75, 3.05) is 11.9 Å². The molecule has 0 aliphatic rings. The smallest absolute Gasteiger partial charge is 0.322 e. The van der Waals surface area contributed by atoms with E-state index in [0.29, 0.717) is 0 Å². The minimum atomic E-state index is -3.86. The number of hydrogen-bond acceptors (Lipinski definition) is 6. The highest BCUT2D eigenvalue weighted by Crippen LogP contribution is 2.27. The van der Waals surface area contributed by atoms with Gasteiger partial charge in [0.1, 0.15) is 12.4 Å². The lowest BCUT2D eigenvalue weighted by molar-refractivity contribution is -0.134. The summed E-state index contributed by atoms with van der Waals surface area (Å²) in [5, 5.41) is 13.7. The third-order valence-corrected chi connectivity index (χ3v) is 7.71. The number of sulfone groups is 1. The van der Waals surface area contributed by atoms with Crippen LogP contribution in [0, 0.1) is 11.8 Å². The number of pyridine rings is 1. The summed E-state index contributed by atoms with van der Waals surface area (Å²) in [7, 11) is -3.86. The van der Waals surface area contributed by atoms with Gasteiger partial charge in [-0.1, -0.05) is 66.6 Å². The molecule has 0 fully saturated rings. The van der Waals surface area contributed by atoms with Gasteiger partial charge in [0.15, 0.2) is 15.2 Å². The van der Waals surface area contributed by atoms with Crippen molar-refractivity contribution in [2.24, 2.45) is 0 Å². The first-order chi connectivity index (χ1) is 18.4. The molecule has 1 unspecified atom stereocenters. The van der Waals surface area contributed by atoms with Crippen molar-refractivity contribution in [3.05, 3.63) is 114 Å². The molecule has 0 amide bonds. The lowest BCUT2D eigenvalue weighted by Crippen LogP contribution is -2.29. The Morgan fingerprint density at radius 1 is 0.921 bits per heavy atom. The molecule has 3 aromatic carbocycles. The molecule has 1 atom stereocenters. The van der Waals surface area contributed by atoms with Gasteiger partial charge in [-0.2, -0.15) is 0 Å². The Morgan fingerprint density at radius 2 is 1.66 bits per heavy atom. The molecule has 1 aromatic heterocycles. The third kappa shape index (κ3) is 6.65. The largest absolute Gasteiger partial charge is 0.480 e. The van der Waals surface area contributed by atoms with Crippen molar-refractivity contribution in [3.8, 4) is 23.0 Å². The summed E-state index contributed by atoms with van der Waals surface area (Å²) in [4.78, 5) is 15.5. The van der Waals surface area contributed by atoms with Crippen molar-refractivity contribution < 1.29 is 18.3 Å². The molecule has 4 rings (SSSR count). The van der Waals surface area contributed by atoms with Gasteiger partial charge in [-0.3, -0.25) is 10.1 Å². The van der Waals surface area contributed by atoms with E-state index in [0.717, 1.165) is 22.3 Å². The predicted octanol–water partition coefficient (Wildman–Crippen LogP) is 4.88. The Kier molecular flexibility index (Phi) is 8.54. The second-order valence-electron chi connectivity index (χ2n) is 8.47. The monoisotopic (exact) mass is 525 g/mol. The number of aromatic nitrogens is 1. The number of aliphatic carboxylic acids is 1. The number of benzene rings is 3. The van der Waals surface area contributed by atoms with E-state index in [1.807, 2.05) is 48.5 Å². The highest BCUT2D eigenvalue weighted by Gasteiger charge is 2.30. The summed E-state index contributed by atoms with van der Waals surface area (Å²) < 4.78 is 27.3. The van der Waals surface area contributed by atoms with Crippen molar-refractivity contribution in [1.82, 2.24) is 10.3 Å². The maximum absolute atomic E-state index is 13.6. The first-order valence-electron chi connectivity index (χ1n) is 11.9. The molecule has 38 heavy (non-hydrogen) atoms. The van der Waals surface area contributed by atoms with Crippen LogP contribution in [0.1, 0.15) is 29.1 Å². The van der Waals surface area contributed by atoms with Gasteiger partial charge in [-0.25, -0.2) is 13.4 Å². The molecule has 0 saturated heterocycles. The zero-order valence-electron chi connectivity index (χ0n) is 20.8. The van der Waals surface area contributed by atoms with Gasteiger partial charge < -0.3 is 10.4 Å². The quantitative estimate of drug-likeness (QED) is 0.253. The van der Waals surface area contributed by atoms with Crippen LogP contribution in [0.3, 0.4) is 0 Å². The molecule has 8 heteroatoms. The average Bonchev–Trinajstić information content (AvgIpc) is 2.93. The molecule has 7 nitrogen and oxygen atoms in total. The highest BCUT2D eigenvalue weighted by atomic mass is 32.2. The zero-order chi connectivity index (χ0) is 27.0. The van der Waals surface area contributed by atoms with E-state index < -0.39 is 21.2 Å². The predicted molar refractivity (Wildman–Crippen MR) is 148 cm³/mol. The van der Waals surface area contributed by atoms with E-state index in [2.05, 4.69) is 27.5 Å². The topological polar surface area (TPSA) is 108 Å². The van der Waals surface area contributed by atoms with Crippen molar-refractivity contribution in [1.29, 1.82) is 0 Å². The summed E-state index contributed by atoms with van der Waals surface area (Å²) in [5.41, 5.74) is 4.17. The maximum atomic E-state index is 13.6. The van der Waals surface area contributed by atoms with Crippen LogP contribution in [-0.2, 0) is 21.2 Å². The number of nitrogens with zero attached hydrogens (tertiary/aromatic N) is 1. The summed E-state index contributed by atoms with van der Waals surface area (Å²) in [6.07, 6.45) is 0. The molecule has 0 saturated carbocycles. The summed E-state index contributed by atoms with van der Waals surface area (Å²) in [5.74, 6) is 5.21. The minimum absolute atomic E-state index is 0.161. The van der Waals surface area contributed by atoms with Crippen LogP contribution in [0.15, 0.2) is 102 Å². The van der Waals surface area contributed by atoms with E-state index in [-0.39, 0.29) is 29.5 Å². The average molecular weight is 526 g/mol. The van der Waals surface area contributed by atoms with Crippen molar-refractivity contribution in [3.63, 3.8) is 0 Å². The Bertz CT molecular complexity index is 1580. The van der Waals surface area contributed by atoms with Crippen LogP contribution in [-0.4, -0.2) is 31.0 Å². The van der Waals surface area contributed by atoms with Crippen LogP contribution in [0.25, 0.3) is 11.1 Å². The van der Waals surface area contributed by atoms with Gasteiger partial charge in [-0.15, -0.1) is 5.92 Å². The second kappa shape index (κ2) is 12.2. The molecule has 0 spiro atoms. The van der Waals surface area contributed by atoms with Gasteiger partial charge in [0.05, 0.1) is 10.6 Å². The number of carbonyl (C=O) groups is 1. The van der Waals surface area contributed by atoms with E-state index in [9.17, 15) is 13.2 Å².